The SMILES string of the molecule is Clc1ccc2nc(Cl)c(N3CCOCC3)nc2c1. The van der Waals surface area contributed by atoms with E-state index in [1.807, 2.05) is 6.07 Å². The third-order valence-corrected chi connectivity index (χ3v) is 3.37. The normalized spacial score (nSPS) is 16.2. The van der Waals surface area contributed by atoms with Gasteiger partial charge in [0.15, 0.2) is 11.0 Å². The van der Waals surface area contributed by atoms with Gasteiger partial charge in [0, 0.05) is 18.1 Å². The van der Waals surface area contributed by atoms with Gasteiger partial charge in [0.2, 0.25) is 0 Å². The van der Waals surface area contributed by atoms with Gasteiger partial charge in [-0.25, -0.2) is 9.97 Å². The van der Waals surface area contributed by atoms with Crippen molar-refractivity contribution in [3.8, 4) is 0 Å². The molecule has 0 radical (unpaired) electrons. The number of nitrogens with zero attached hydrogens (tertiary/aromatic N) is 3. The number of hydrogen-bond acceptors (Lipinski definition) is 4. The van der Waals surface area contributed by atoms with Gasteiger partial charge >= 0.3 is 0 Å². The molecule has 2 heterocycles. The summed E-state index contributed by atoms with van der Waals surface area (Å²) in [6.45, 7) is 2.93. The van der Waals surface area contributed by atoms with Crippen LogP contribution in [0.5, 0.6) is 0 Å². The van der Waals surface area contributed by atoms with Gasteiger partial charge in [-0.15, -0.1) is 0 Å². The predicted octanol–water partition coefficient (Wildman–Crippen LogP) is 2.77. The second-order valence-electron chi connectivity index (χ2n) is 4.07. The first kappa shape index (κ1) is 12.0. The van der Waals surface area contributed by atoms with Crippen molar-refractivity contribution in [3.63, 3.8) is 0 Å². The fourth-order valence-corrected chi connectivity index (χ4v) is 2.39. The third kappa shape index (κ3) is 2.23. The van der Waals surface area contributed by atoms with Gasteiger partial charge < -0.3 is 9.64 Å². The molecule has 18 heavy (non-hydrogen) atoms. The number of aromatic nitrogens is 2. The van der Waals surface area contributed by atoms with E-state index in [1.165, 1.54) is 0 Å². The lowest BCUT2D eigenvalue weighted by atomic mass is 10.3. The van der Waals surface area contributed by atoms with Crippen molar-refractivity contribution in [2.24, 2.45) is 0 Å². The highest BCUT2D eigenvalue weighted by atomic mass is 35.5. The molecule has 3 rings (SSSR count). The van der Waals surface area contributed by atoms with E-state index in [1.54, 1.807) is 12.1 Å². The predicted molar refractivity (Wildman–Crippen MR) is 72.6 cm³/mol. The maximum Gasteiger partial charge on any atom is 0.172 e. The average Bonchev–Trinajstić information content (AvgIpc) is 2.39. The second kappa shape index (κ2) is 4.88. The lowest BCUT2D eigenvalue weighted by molar-refractivity contribution is 0.122. The van der Waals surface area contributed by atoms with Crippen LogP contribution >= 0.6 is 23.2 Å². The Labute approximate surface area is 114 Å². The van der Waals surface area contributed by atoms with E-state index in [0.717, 1.165) is 24.1 Å². The zero-order valence-electron chi connectivity index (χ0n) is 9.57. The third-order valence-electron chi connectivity index (χ3n) is 2.88. The molecule has 0 bridgehead atoms. The summed E-state index contributed by atoms with van der Waals surface area (Å²) in [4.78, 5) is 11.0. The molecule has 0 atom stereocenters. The standard InChI is InChI=1S/C12H11Cl2N3O/c13-8-1-2-9-10(7-8)16-12(11(14)15-9)17-3-5-18-6-4-17/h1-2,7H,3-6H2. The van der Waals surface area contributed by atoms with Gasteiger partial charge in [-0.3, -0.25) is 0 Å². The number of anilines is 1. The summed E-state index contributed by atoms with van der Waals surface area (Å²) in [5, 5.41) is 1.07. The van der Waals surface area contributed by atoms with E-state index in [9.17, 15) is 0 Å². The number of morpholine rings is 1. The number of rotatable bonds is 1. The van der Waals surface area contributed by atoms with Crippen LogP contribution in [0.15, 0.2) is 18.2 Å². The molecule has 0 aliphatic carbocycles. The molecule has 0 unspecified atom stereocenters. The first-order chi connectivity index (χ1) is 8.74. The van der Waals surface area contributed by atoms with Gasteiger partial charge in [0.05, 0.1) is 24.2 Å². The Kier molecular flexibility index (Phi) is 3.24. The summed E-state index contributed by atoms with van der Waals surface area (Å²) >= 11 is 12.1. The Hall–Kier alpha value is -1.10. The Morgan fingerprint density at radius 2 is 1.83 bits per heavy atom. The molecule has 4 nitrogen and oxygen atoms in total. The molecule has 94 valence electrons. The summed E-state index contributed by atoms with van der Waals surface area (Å²) < 4.78 is 5.31. The molecule has 1 fully saturated rings. The lowest BCUT2D eigenvalue weighted by Gasteiger charge is -2.28. The molecule has 2 aromatic rings. The minimum absolute atomic E-state index is 0.423. The largest absolute Gasteiger partial charge is 0.378 e. The van der Waals surface area contributed by atoms with Crippen LogP contribution in [-0.2, 0) is 4.74 Å². The number of halogens is 2. The lowest BCUT2D eigenvalue weighted by Crippen LogP contribution is -2.37. The molecule has 0 amide bonds. The monoisotopic (exact) mass is 283 g/mol. The average molecular weight is 284 g/mol. The Balaban J connectivity index is 2.07. The smallest absolute Gasteiger partial charge is 0.172 e. The van der Waals surface area contributed by atoms with Gasteiger partial charge in [0.25, 0.3) is 0 Å². The molecule has 1 saturated heterocycles. The fourth-order valence-electron chi connectivity index (χ4n) is 1.97. The molecule has 1 aromatic carbocycles. The number of ether oxygens (including phenoxy) is 1. The summed E-state index contributed by atoms with van der Waals surface area (Å²) in [5.74, 6) is 0.703. The van der Waals surface area contributed by atoms with E-state index in [0.29, 0.717) is 29.2 Å². The van der Waals surface area contributed by atoms with Crippen LogP contribution in [0.3, 0.4) is 0 Å². The zero-order valence-corrected chi connectivity index (χ0v) is 11.1. The number of fused-ring (bicyclic) bond motifs is 1. The zero-order chi connectivity index (χ0) is 12.5. The van der Waals surface area contributed by atoms with Crippen LogP contribution in [0.25, 0.3) is 11.0 Å². The van der Waals surface area contributed by atoms with E-state index in [2.05, 4.69) is 14.9 Å². The maximum absolute atomic E-state index is 6.19. The van der Waals surface area contributed by atoms with Crippen molar-refractivity contribution in [2.75, 3.05) is 31.2 Å². The van der Waals surface area contributed by atoms with Crippen molar-refractivity contribution in [2.45, 2.75) is 0 Å². The Morgan fingerprint density at radius 3 is 2.61 bits per heavy atom. The number of benzene rings is 1. The van der Waals surface area contributed by atoms with Gasteiger partial charge in [-0.05, 0) is 18.2 Å². The van der Waals surface area contributed by atoms with E-state index >= 15 is 0 Å². The molecular weight excluding hydrogens is 273 g/mol. The van der Waals surface area contributed by atoms with Gasteiger partial charge in [0.1, 0.15) is 0 Å². The first-order valence-electron chi connectivity index (χ1n) is 5.69. The van der Waals surface area contributed by atoms with Crippen LogP contribution in [-0.4, -0.2) is 36.3 Å². The quantitative estimate of drug-likeness (QED) is 0.807. The fraction of sp³-hybridized carbons (Fsp3) is 0.333. The molecule has 1 aliphatic heterocycles. The molecular formula is C12H11Cl2N3O. The Morgan fingerprint density at radius 1 is 1.06 bits per heavy atom. The molecule has 0 saturated carbocycles. The molecule has 0 N–H and O–H groups in total. The molecule has 0 spiro atoms. The van der Waals surface area contributed by atoms with Crippen molar-refractivity contribution in [1.29, 1.82) is 0 Å². The van der Waals surface area contributed by atoms with Crippen molar-refractivity contribution < 1.29 is 4.74 Å². The topological polar surface area (TPSA) is 38.2 Å². The van der Waals surface area contributed by atoms with Crippen molar-refractivity contribution >= 4 is 40.1 Å². The summed E-state index contributed by atoms with van der Waals surface area (Å²) in [6, 6.07) is 5.40. The summed E-state index contributed by atoms with van der Waals surface area (Å²) in [6.07, 6.45) is 0. The Bertz CT molecular complexity index is 585. The van der Waals surface area contributed by atoms with Crippen molar-refractivity contribution in [1.82, 2.24) is 9.97 Å². The molecule has 1 aromatic heterocycles. The minimum Gasteiger partial charge on any atom is -0.378 e. The molecule has 1 aliphatic rings. The van der Waals surface area contributed by atoms with Crippen LogP contribution in [0.2, 0.25) is 10.2 Å². The highest BCUT2D eigenvalue weighted by Crippen LogP contribution is 2.26. The van der Waals surface area contributed by atoms with Crippen LogP contribution < -0.4 is 4.90 Å². The maximum atomic E-state index is 6.19. The first-order valence-corrected chi connectivity index (χ1v) is 6.45. The van der Waals surface area contributed by atoms with E-state index in [-0.39, 0.29) is 0 Å². The number of hydrogen-bond donors (Lipinski definition) is 0. The van der Waals surface area contributed by atoms with Crippen molar-refractivity contribution in [3.05, 3.63) is 28.4 Å². The van der Waals surface area contributed by atoms with Crippen LogP contribution in [0, 0.1) is 0 Å². The molecule has 6 heteroatoms. The highest BCUT2D eigenvalue weighted by Gasteiger charge is 2.17. The van der Waals surface area contributed by atoms with Gasteiger partial charge in [-0.1, -0.05) is 23.2 Å². The van der Waals surface area contributed by atoms with E-state index in [4.69, 9.17) is 27.9 Å². The van der Waals surface area contributed by atoms with E-state index < -0.39 is 0 Å². The minimum atomic E-state index is 0.423. The van der Waals surface area contributed by atoms with Crippen LogP contribution in [0.4, 0.5) is 5.82 Å². The summed E-state index contributed by atoms with van der Waals surface area (Å²) in [7, 11) is 0. The summed E-state index contributed by atoms with van der Waals surface area (Å²) in [5.41, 5.74) is 1.51. The van der Waals surface area contributed by atoms with Gasteiger partial charge in [-0.2, -0.15) is 0 Å². The highest BCUT2D eigenvalue weighted by molar-refractivity contribution is 6.32. The second-order valence-corrected chi connectivity index (χ2v) is 4.86. The van der Waals surface area contributed by atoms with Crippen LogP contribution in [0.1, 0.15) is 0 Å².